The van der Waals surface area contributed by atoms with Gasteiger partial charge in [-0.25, -0.2) is 0 Å². The van der Waals surface area contributed by atoms with Crippen molar-refractivity contribution in [1.82, 2.24) is 14.8 Å². The van der Waals surface area contributed by atoms with E-state index in [1.807, 2.05) is 6.92 Å². The standard InChI is InChI=1S/C20H16Cl3F3N4O2S/c1-2-30-17(9-32-12-5-3-4-11(6-12)20(24,25)26)28-29-19(30)33-10-18(31)27-16-8-14(22)13(21)7-15(16)23/h3-8H,2,9-10H2,1H3,(H,27,31). The summed E-state index contributed by atoms with van der Waals surface area (Å²) in [5.41, 5.74) is -0.481. The lowest BCUT2D eigenvalue weighted by Crippen LogP contribution is -2.15. The second-order valence-electron chi connectivity index (χ2n) is 6.54. The summed E-state index contributed by atoms with van der Waals surface area (Å²) < 4.78 is 45.8. The molecule has 1 N–H and O–H groups in total. The molecule has 176 valence electrons. The van der Waals surface area contributed by atoms with Crippen molar-refractivity contribution in [3.05, 3.63) is 62.9 Å². The van der Waals surface area contributed by atoms with E-state index in [4.69, 9.17) is 39.5 Å². The molecule has 0 aliphatic rings. The first-order valence-electron chi connectivity index (χ1n) is 9.37. The Morgan fingerprint density at radius 2 is 1.85 bits per heavy atom. The highest BCUT2D eigenvalue weighted by molar-refractivity contribution is 7.99. The van der Waals surface area contributed by atoms with Crippen molar-refractivity contribution in [1.29, 1.82) is 0 Å². The molecule has 33 heavy (non-hydrogen) atoms. The molecule has 0 atom stereocenters. The van der Waals surface area contributed by atoms with Gasteiger partial charge in [-0.1, -0.05) is 52.6 Å². The Morgan fingerprint density at radius 3 is 2.55 bits per heavy atom. The number of nitrogens with zero attached hydrogens (tertiary/aromatic N) is 3. The Labute approximate surface area is 206 Å². The van der Waals surface area contributed by atoms with Crippen LogP contribution in [0.5, 0.6) is 5.75 Å². The molecule has 1 amide bonds. The van der Waals surface area contributed by atoms with E-state index >= 15 is 0 Å². The second kappa shape index (κ2) is 10.9. The van der Waals surface area contributed by atoms with E-state index in [9.17, 15) is 18.0 Å². The molecular weight excluding hydrogens is 524 g/mol. The Morgan fingerprint density at radius 1 is 1.12 bits per heavy atom. The van der Waals surface area contributed by atoms with Crippen LogP contribution in [0.4, 0.5) is 18.9 Å². The number of halogens is 6. The molecule has 0 radical (unpaired) electrons. The molecule has 0 aliphatic heterocycles. The van der Waals surface area contributed by atoms with Crippen molar-refractivity contribution in [2.24, 2.45) is 0 Å². The molecule has 1 aromatic heterocycles. The maximum Gasteiger partial charge on any atom is 0.416 e. The van der Waals surface area contributed by atoms with Crippen LogP contribution in [0.25, 0.3) is 0 Å². The molecule has 3 aromatic rings. The van der Waals surface area contributed by atoms with Crippen LogP contribution in [0.1, 0.15) is 18.3 Å². The van der Waals surface area contributed by atoms with Gasteiger partial charge in [0.1, 0.15) is 12.4 Å². The van der Waals surface area contributed by atoms with Crippen LogP contribution >= 0.6 is 46.6 Å². The number of thioether (sulfide) groups is 1. The minimum absolute atomic E-state index is 0.00317. The Hall–Kier alpha value is -2.14. The molecule has 0 spiro atoms. The number of hydrogen-bond acceptors (Lipinski definition) is 5. The molecule has 0 saturated carbocycles. The van der Waals surface area contributed by atoms with Crippen LogP contribution in [0.2, 0.25) is 15.1 Å². The summed E-state index contributed by atoms with van der Waals surface area (Å²) >= 11 is 19.0. The normalized spacial score (nSPS) is 11.5. The molecule has 6 nitrogen and oxygen atoms in total. The van der Waals surface area contributed by atoms with Gasteiger partial charge < -0.3 is 14.6 Å². The van der Waals surface area contributed by atoms with Gasteiger partial charge in [0.2, 0.25) is 5.91 Å². The zero-order chi connectivity index (χ0) is 24.2. The summed E-state index contributed by atoms with van der Waals surface area (Å²) in [6.07, 6.45) is -4.46. The van der Waals surface area contributed by atoms with Crippen molar-refractivity contribution in [3.8, 4) is 5.75 Å². The van der Waals surface area contributed by atoms with E-state index in [-0.39, 0.29) is 39.1 Å². The first-order chi connectivity index (χ1) is 15.6. The summed E-state index contributed by atoms with van der Waals surface area (Å²) in [5.74, 6) is 0.115. The van der Waals surface area contributed by atoms with E-state index in [0.29, 0.717) is 23.2 Å². The SMILES string of the molecule is CCn1c(COc2cccc(C(F)(F)F)c2)nnc1SCC(=O)Nc1cc(Cl)c(Cl)cc1Cl. The zero-order valence-electron chi connectivity index (χ0n) is 16.9. The topological polar surface area (TPSA) is 69.0 Å². The van der Waals surface area contributed by atoms with Crippen LogP contribution in [0.3, 0.4) is 0 Å². The Balaban J connectivity index is 1.61. The highest BCUT2D eigenvalue weighted by Crippen LogP contribution is 2.33. The smallest absolute Gasteiger partial charge is 0.416 e. The van der Waals surface area contributed by atoms with Crippen molar-refractivity contribution in [2.45, 2.75) is 31.4 Å². The molecule has 0 unspecified atom stereocenters. The Bertz CT molecular complexity index is 1160. The molecule has 2 aromatic carbocycles. The lowest BCUT2D eigenvalue weighted by molar-refractivity contribution is -0.137. The van der Waals surface area contributed by atoms with Crippen LogP contribution in [-0.4, -0.2) is 26.4 Å². The quantitative estimate of drug-likeness (QED) is 0.258. The van der Waals surface area contributed by atoms with E-state index in [0.717, 1.165) is 23.9 Å². The highest BCUT2D eigenvalue weighted by atomic mass is 35.5. The van der Waals surface area contributed by atoms with E-state index in [1.54, 1.807) is 4.57 Å². The lowest BCUT2D eigenvalue weighted by atomic mass is 10.2. The van der Waals surface area contributed by atoms with Gasteiger partial charge in [-0.3, -0.25) is 4.79 Å². The van der Waals surface area contributed by atoms with Gasteiger partial charge in [0, 0.05) is 6.54 Å². The first kappa shape index (κ1) is 25.5. The molecule has 0 aliphatic carbocycles. The van der Waals surface area contributed by atoms with Gasteiger partial charge in [-0.2, -0.15) is 13.2 Å². The van der Waals surface area contributed by atoms with Gasteiger partial charge >= 0.3 is 6.18 Å². The molecule has 1 heterocycles. The minimum atomic E-state index is -4.46. The maximum atomic E-state index is 12.9. The predicted octanol–water partition coefficient (Wildman–Crippen LogP) is 6.59. The van der Waals surface area contributed by atoms with Gasteiger partial charge in [0.25, 0.3) is 0 Å². The predicted molar refractivity (Wildman–Crippen MR) is 122 cm³/mol. The zero-order valence-corrected chi connectivity index (χ0v) is 20.0. The molecule has 3 rings (SSSR count). The molecule has 0 fully saturated rings. The number of rotatable bonds is 8. The fourth-order valence-electron chi connectivity index (χ4n) is 2.70. The van der Waals surface area contributed by atoms with E-state index < -0.39 is 11.7 Å². The summed E-state index contributed by atoms with van der Waals surface area (Å²) in [6.45, 7) is 2.22. The summed E-state index contributed by atoms with van der Waals surface area (Å²) in [6, 6.07) is 7.46. The van der Waals surface area contributed by atoms with E-state index in [2.05, 4.69) is 15.5 Å². The van der Waals surface area contributed by atoms with Crippen molar-refractivity contribution in [3.63, 3.8) is 0 Å². The number of nitrogens with one attached hydrogen (secondary N) is 1. The Kier molecular flexibility index (Phi) is 8.38. The minimum Gasteiger partial charge on any atom is -0.486 e. The number of hydrogen-bond donors (Lipinski definition) is 1. The van der Waals surface area contributed by atoms with E-state index in [1.165, 1.54) is 24.3 Å². The average molecular weight is 540 g/mol. The van der Waals surface area contributed by atoms with Crippen LogP contribution < -0.4 is 10.1 Å². The third kappa shape index (κ3) is 6.69. The van der Waals surface area contributed by atoms with Crippen molar-refractivity contribution < 1.29 is 22.7 Å². The number of carbonyl (C=O) groups excluding carboxylic acids is 1. The van der Waals surface area contributed by atoms with Gasteiger partial charge in [-0.15, -0.1) is 10.2 Å². The summed E-state index contributed by atoms with van der Waals surface area (Å²) in [7, 11) is 0. The fraction of sp³-hybridized carbons (Fsp3) is 0.250. The average Bonchev–Trinajstić information content (AvgIpc) is 3.16. The van der Waals surface area contributed by atoms with Crippen LogP contribution in [-0.2, 0) is 24.1 Å². The number of amides is 1. The lowest BCUT2D eigenvalue weighted by Gasteiger charge is -2.11. The largest absolute Gasteiger partial charge is 0.486 e. The summed E-state index contributed by atoms with van der Waals surface area (Å²) in [5, 5.41) is 11.9. The summed E-state index contributed by atoms with van der Waals surface area (Å²) in [4.78, 5) is 12.3. The van der Waals surface area contributed by atoms with Gasteiger partial charge in [-0.05, 0) is 37.3 Å². The van der Waals surface area contributed by atoms with Crippen molar-refractivity contribution >= 4 is 58.2 Å². The second-order valence-corrected chi connectivity index (χ2v) is 8.70. The third-order valence-corrected chi connectivity index (χ3v) is 6.26. The monoisotopic (exact) mass is 538 g/mol. The molecule has 0 saturated heterocycles. The number of ether oxygens (including phenoxy) is 1. The highest BCUT2D eigenvalue weighted by Gasteiger charge is 2.30. The first-order valence-corrected chi connectivity index (χ1v) is 11.5. The van der Waals surface area contributed by atoms with Crippen LogP contribution in [0.15, 0.2) is 41.6 Å². The fourth-order valence-corrected chi connectivity index (χ4v) is 4.11. The number of carbonyl (C=O) groups is 1. The molecule has 0 bridgehead atoms. The number of aromatic nitrogens is 3. The third-order valence-electron chi connectivity index (χ3n) is 4.26. The molecule has 13 heteroatoms. The molecular formula is C20H16Cl3F3N4O2S. The van der Waals surface area contributed by atoms with Gasteiger partial charge in [0.15, 0.2) is 11.0 Å². The number of anilines is 1. The van der Waals surface area contributed by atoms with Gasteiger partial charge in [0.05, 0.1) is 32.1 Å². The number of alkyl halides is 3. The number of benzene rings is 2. The maximum absolute atomic E-state index is 12.9. The van der Waals surface area contributed by atoms with Crippen LogP contribution in [0, 0.1) is 0 Å². The van der Waals surface area contributed by atoms with Crippen molar-refractivity contribution in [2.75, 3.05) is 11.1 Å².